The Hall–Kier alpha value is -1.51. The first-order valence-corrected chi connectivity index (χ1v) is 8.28. The van der Waals surface area contributed by atoms with Crippen molar-refractivity contribution in [1.29, 1.82) is 0 Å². The average molecular weight is 314 g/mol. The van der Waals surface area contributed by atoms with Crippen molar-refractivity contribution in [2.45, 2.75) is 36.6 Å². The quantitative estimate of drug-likeness (QED) is 0.656. The van der Waals surface area contributed by atoms with Gasteiger partial charge in [0.25, 0.3) is 5.69 Å². The zero-order chi connectivity index (χ0) is 15.5. The Kier molecular flexibility index (Phi) is 4.92. The highest BCUT2D eigenvalue weighted by atomic mass is 32.2. The molecular formula is C13H18N2O5S. The molecule has 1 aromatic carbocycles. The summed E-state index contributed by atoms with van der Waals surface area (Å²) in [6.45, 7) is 0.362. The summed E-state index contributed by atoms with van der Waals surface area (Å²) in [5.41, 5.74) is -0.139. The molecule has 0 spiro atoms. The van der Waals surface area contributed by atoms with E-state index in [1.54, 1.807) is 0 Å². The van der Waals surface area contributed by atoms with Crippen molar-refractivity contribution in [3.8, 4) is 0 Å². The van der Waals surface area contributed by atoms with Crippen LogP contribution in [0.15, 0.2) is 29.2 Å². The lowest BCUT2D eigenvalue weighted by Gasteiger charge is -2.34. The second-order valence-electron chi connectivity index (χ2n) is 5.03. The number of sulfonamides is 1. The molecule has 1 N–H and O–H groups in total. The minimum atomic E-state index is -3.68. The van der Waals surface area contributed by atoms with E-state index >= 15 is 0 Å². The van der Waals surface area contributed by atoms with E-state index in [2.05, 4.69) is 0 Å². The molecule has 1 fully saturated rings. The zero-order valence-electron chi connectivity index (χ0n) is 11.5. The average Bonchev–Trinajstić information content (AvgIpc) is 2.48. The number of piperidine rings is 1. The molecule has 1 heterocycles. The summed E-state index contributed by atoms with van der Waals surface area (Å²) in [5.74, 6) is 0. The van der Waals surface area contributed by atoms with Gasteiger partial charge in [-0.25, -0.2) is 8.42 Å². The molecule has 1 unspecified atom stereocenters. The Morgan fingerprint density at radius 2 is 1.95 bits per heavy atom. The Bertz CT molecular complexity index is 597. The smallest absolute Gasteiger partial charge is 0.269 e. The summed E-state index contributed by atoms with van der Waals surface area (Å²) in [5, 5.41) is 19.7. The van der Waals surface area contributed by atoms with Gasteiger partial charge in [0.2, 0.25) is 10.0 Å². The van der Waals surface area contributed by atoms with Crippen LogP contribution in [0.5, 0.6) is 0 Å². The summed E-state index contributed by atoms with van der Waals surface area (Å²) in [6, 6.07) is 4.70. The van der Waals surface area contributed by atoms with Crippen molar-refractivity contribution in [1.82, 2.24) is 4.31 Å². The van der Waals surface area contributed by atoms with Crippen LogP contribution in [0.2, 0.25) is 0 Å². The molecule has 2 rings (SSSR count). The van der Waals surface area contributed by atoms with Crippen LogP contribution in [0.4, 0.5) is 5.69 Å². The second-order valence-corrected chi connectivity index (χ2v) is 6.92. The highest BCUT2D eigenvalue weighted by Crippen LogP contribution is 2.27. The molecule has 8 heteroatoms. The molecule has 0 aromatic heterocycles. The molecule has 0 radical (unpaired) electrons. The van der Waals surface area contributed by atoms with E-state index in [0.717, 1.165) is 19.3 Å². The maximum Gasteiger partial charge on any atom is 0.269 e. The fourth-order valence-electron chi connectivity index (χ4n) is 2.60. The van der Waals surface area contributed by atoms with Crippen LogP contribution in [0, 0.1) is 10.1 Å². The minimum absolute atomic E-state index is 0.0536. The summed E-state index contributed by atoms with van der Waals surface area (Å²) < 4.78 is 26.7. The highest BCUT2D eigenvalue weighted by molar-refractivity contribution is 7.89. The molecule has 1 aliphatic heterocycles. The molecule has 7 nitrogen and oxygen atoms in total. The van der Waals surface area contributed by atoms with Crippen LogP contribution in [0.3, 0.4) is 0 Å². The first kappa shape index (κ1) is 15.9. The van der Waals surface area contributed by atoms with Crippen LogP contribution in [0.25, 0.3) is 0 Å². The van der Waals surface area contributed by atoms with E-state index in [1.165, 1.54) is 28.6 Å². The van der Waals surface area contributed by atoms with E-state index < -0.39 is 14.9 Å². The lowest BCUT2D eigenvalue weighted by molar-refractivity contribution is -0.384. The first-order chi connectivity index (χ1) is 9.96. The summed E-state index contributed by atoms with van der Waals surface area (Å²) in [7, 11) is -3.68. The van der Waals surface area contributed by atoms with Crippen LogP contribution >= 0.6 is 0 Å². The molecule has 0 amide bonds. The Morgan fingerprint density at radius 1 is 1.29 bits per heavy atom. The number of aliphatic hydroxyl groups excluding tert-OH is 1. The Balaban J connectivity index is 2.28. The highest BCUT2D eigenvalue weighted by Gasteiger charge is 2.33. The van der Waals surface area contributed by atoms with Crippen molar-refractivity contribution in [2.75, 3.05) is 13.2 Å². The van der Waals surface area contributed by atoms with Crippen molar-refractivity contribution in [2.24, 2.45) is 0 Å². The predicted molar refractivity (Wildman–Crippen MR) is 76.3 cm³/mol. The fraction of sp³-hybridized carbons (Fsp3) is 0.538. The van der Waals surface area contributed by atoms with Crippen LogP contribution < -0.4 is 0 Å². The monoisotopic (exact) mass is 314 g/mol. The van der Waals surface area contributed by atoms with Crippen molar-refractivity contribution >= 4 is 15.7 Å². The topological polar surface area (TPSA) is 101 Å². The van der Waals surface area contributed by atoms with E-state index in [4.69, 9.17) is 5.11 Å². The number of rotatable bonds is 5. The van der Waals surface area contributed by atoms with Gasteiger partial charge in [0.1, 0.15) is 0 Å². The van der Waals surface area contributed by atoms with Crippen molar-refractivity contribution in [3.63, 3.8) is 0 Å². The predicted octanol–water partition coefficient (Wildman–Crippen LogP) is 1.52. The number of hydrogen-bond donors (Lipinski definition) is 1. The lowest BCUT2D eigenvalue weighted by atomic mass is 10.0. The molecule has 0 saturated carbocycles. The van der Waals surface area contributed by atoms with Gasteiger partial charge in [-0.1, -0.05) is 6.42 Å². The molecule has 1 atom stereocenters. The number of nitro benzene ring substituents is 1. The third-order valence-corrected chi connectivity index (χ3v) is 5.66. The van der Waals surface area contributed by atoms with Crippen LogP contribution in [-0.2, 0) is 10.0 Å². The Morgan fingerprint density at radius 3 is 2.52 bits per heavy atom. The van der Waals surface area contributed by atoms with E-state index in [1.807, 2.05) is 0 Å². The number of aliphatic hydroxyl groups is 1. The molecule has 116 valence electrons. The number of hydrogen-bond acceptors (Lipinski definition) is 5. The molecule has 1 saturated heterocycles. The normalized spacial score (nSPS) is 20.3. The molecule has 0 aliphatic carbocycles. The number of non-ortho nitro benzene ring substituents is 1. The van der Waals surface area contributed by atoms with Crippen molar-refractivity contribution in [3.05, 3.63) is 34.4 Å². The van der Waals surface area contributed by atoms with Gasteiger partial charge in [0, 0.05) is 31.3 Å². The van der Waals surface area contributed by atoms with Crippen molar-refractivity contribution < 1.29 is 18.4 Å². The van der Waals surface area contributed by atoms with E-state index in [9.17, 15) is 18.5 Å². The third kappa shape index (κ3) is 3.39. The minimum Gasteiger partial charge on any atom is -0.396 e. The molecular weight excluding hydrogens is 296 g/mol. The summed E-state index contributed by atoms with van der Waals surface area (Å²) in [4.78, 5) is 10.1. The summed E-state index contributed by atoms with van der Waals surface area (Å²) in [6.07, 6.45) is 2.87. The zero-order valence-corrected chi connectivity index (χ0v) is 12.3. The van der Waals surface area contributed by atoms with Crippen LogP contribution in [0.1, 0.15) is 25.7 Å². The number of nitrogens with zero attached hydrogens (tertiary/aromatic N) is 2. The van der Waals surface area contributed by atoms with Gasteiger partial charge in [-0.2, -0.15) is 4.31 Å². The molecule has 0 bridgehead atoms. The first-order valence-electron chi connectivity index (χ1n) is 6.84. The van der Waals surface area contributed by atoms with Gasteiger partial charge in [-0.3, -0.25) is 10.1 Å². The molecule has 1 aromatic rings. The molecule has 1 aliphatic rings. The maximum absolute atomic E-state index is 12.6. The largest absolute Gasteiger partial charge is 0.396 e. The lowest BCUT2D eigenvalue weighted by Crippen LogP contribution is -2.44. The number of benzene rings is 1. The van der Waals surface area contributed by atoms with Gasteiger partial charge in [-0.15, -0.1) is 0 Å². The third-order valence-electron chi connectivity index (χ3n) is 3.69. The van der Waals surface area contributed by atoms with E-state index in [-0.39, 0.29) is 23.2 Å². The van der Waals surface area contributed by atoms with Crippen LogP contribution in [-0.4, -0.2) is 41.9 Å². The van der Waals surface area contributed by atoms with Gasteiger partial charge >= 0.3 is 0 Å². The van der Waals surface area contributed by atoms with Gasteiger partial charge in [0.05, 0.1) is 9.82 Å². The van der Waals surface area contributed by atoms with Gasteiger partial charge in [0.15, 0.2) is 0 Å². The summed E-state index contributed by atoms with van der Waals surface area (Å²) >= 11 is 0. The fourth-order valence-corrected chi connectivity index (χ4v) is 4.33. The Labute approximate surface area is 123 Å². The van der Waals surface area contributed by atoms with E-state index in [0.29, 0.717) is 13.0 Å². The maximum atomic E-state index is 12.6. The van der Waals surface area contributed by atoms with Gasteiger partial charge in [-0.05, 0) is 31.4 Å². The molecule has 21 heavy (non-hydrogen) atoms. The SMILES string of the molecule is O=[N+]([O-])c1ccc(S(=O)(=O)N2CCCCC2CCO)cc1. The number of nitro groups is 1. The van der Waals surface area contributed by atoms with Gasteiger partial charge < -0.3 is 5.11 Å². The standard InChI is InChI=1S/C13H18N2O5S/c16-10-8-11-3-1-2-9-14(11)21(19,20)13-6-4-12(5-7-13)15(17)18/h4-7,11,16H,1-3,8-10H2. The second kappa shape index (κ2) is 6.50.